The van der Waals surface area contributed by atoms with E-state index in [-0.39, 0.29) is 5.56 Å². The molecule has 0 radical (unpaired) electrons. The van der Waals surface area contributed by atoms with E-state index < -0.39 is 11.7 Å². The Morgan fingerprint density at radius 1 is 0.970 bits per heavy atom. The Labute approximate surface area is 188 Å². The predicted octanol–water partition coefficient (Wildman–Crippen LogP) is 4.32. The minimum atomic E-state index is -0.600. The Morgan fingerprint density at radius 2 is 1.79 bits per heavy atom. The number of rotatable bonds is 4. The van der Waals surface area contributed by atoms with E-state index in [1.165, 1.54) is 34.8 Å². The van der Waals surface area contributed by atoms with E-state index in [1.54, 1.807) is 29.9 Å². The number of nitrogens with one attached hydrogen (secondary N) is 1. The van der Waals surface area contributed by atoms with Crippen LogP contribution in [0.5, 0.6) is 0 Å². The number of halogens is 1. The molecule has 3 heterocycles. The monoisotopic (exact) mass is 441 g/mol. The van der Waals surface area contributed by atoms with E-state index in [2.05, 4.69) is 32.4 Å². The van der Waals surface area contributed by atoms with E-state index in [9.17, 15) is 9.18 Å². The van der Waals surface area contributed by atoms with Crippen molar-refractivity contribution in [1.82, 2.24) is 29.5 Å². The van der Waals surface area contributed by atoms with Crippen molar-refractivity contribution in [2.75, 3.05) is 5.32 Å². The Balaban J connectivity index is 1.58. The van der Waals surface area contributed by atoms with Crippen molar-refractivity contribution in [1.29, 1.82) is 0 Å². The molecule has 3 aromatic heterocycles. The van der Waals surface area contributed by atoms with Crippen LogP contribution in [0.4, 0.5) is 10.2 Å². The van der Waals surface area contributed by atoms with Gasteiger partial charge in [0.15, 0.2) is 11.5 Å². The summed E-state index contributed by atoms with van der Waals surface area (Å²) in [6.45, 7) is 5.89. The fraction of sp³-hybridized carbons (Fsp3) is 0.125. The zero-order valence-corrected chi connectivity index (χ0v) is 18.2. The van der Waals surface area contributed by atoms with E-state index in [1.807, 2.05) is 25.1 Å². The molecular formula is C24H20FN7O. The third kappa shape index (κ3) is 3.63. The van der Waals surface area contributed by atoms with Crippen LogP contribution in [0.3, 0.4) is 0 Å². The summed E-state index contributed by atoms with van der Waals surface area (Å²) in [4.78, 5) is 21.5. The maximum absolute atomic E-state index is 14.1. The second kappa shape index (κ2) is 7.94. The fourth-order valence-corrected chi connectivity index (χ4v) is 3.63. The summed E-state index contributed by atoms with van der Waals surface area (Å²) in [5.41, 5.74) is 4.41. The van der Waals surface area contributed by atoms with Crippen LogP contribution in [0.25, 0.3) is 22.5 Å². The summed E-state index contributed by atoms with van der Waals surface area (Å²) >= 11 is 0. The quantitative estimate of drug-likeness (QED) is 0.449. The average molecular weight is 441 g/mol. The molecule has 0 bridgehead atoms. The molecule has 0 saturated heterocycles. The van der Waals surface area contributed by atoms with Gasteiger partial charge in [0.1, 0.15) is 18.0 Å². The van der Waals surface area contributed by atoms with Crippen LogP contribution in [0.2, 0.25) is 0 Å². The zero-order chi connectivity index (χ0) is 23.1. The molecule has 5 rings (SSSR count). The van der Waals surface area contributed by atoms with Crippen molar-refractivity contribution in [3.8, 4) is 11.5 Å². The first kappa shape index (κ1) is 20.5. The molecule has 0 unspecified atom stereocenters. The molecule has 0 fully saturated rings. The largest absolute Gasteiger partial charge is 0.306 e. The van der Waals surface area contributed by atoms with E-state index in [4.69, 9.17) is 0 Å². The van der Waals surface area contributed by atoms with E-state index in [0.29, 0.717) is 28.4 Å². The highest BCUT2D eigenvalue weighted by molar-refractivity contribution is 6.04. The van der Waals surface area contributed by atoms with Crippen LogP contribution in [0.1, 0.15) is 27.2 Å². The van der Waals surface area contributed by atoms with Gasteiger partial charge in [-0.1, -0.05) is 18.2 Å². The zero-order valence-electron chi connectivity index (χ0n) is 18.2. The number of benzene rings is 2. The summed E-state index contributed by atoms with van der Waals surface area (Å²) in [6, 6.07) is 13.6. The lowest BCUT2D eigenvalue weighted by Gasteiger charge is -2.10. The lowest BCUT2D eigenvalue weighted by molar-refractivity contribution is 0.102. The number of aromatic nitrogens is 6. The molecule has 9 heteroatoms. The molecule has 0 aliphatic heterocycles. The highest BCUT2D eigenvalue weighted by Gasteiger charge is 2.19. The molecule has 1 N–H and O–H groups in total. The van der Waals surface area contributed by atoms with Crippen LogP contribution in [-0.4, -0.2) is 35.4 Å². The van der Waals surface area contributed by atoms with Crippen molar-refractivity contribution in [2.45, 2.75) is 20.8 Å². The normalized spacial score (nSPS) is 11.2. The number of nitrogens with zero attached hydrogens (tertiary/aromatic N) is 6. The van der Waals surface area contributed by atoms with Gasteiger partial charge in [-0.3, -0.25) is 4.79 Å². The van der Waals surface area contributed by atoms with Crippen molar-refractivity contribution < 1.29 is 9.18 Å². The number of hydrogen-bond acceptors (Lipinski definition) is 5. The van der Waals surface area contributed by atoms with Crippen LogP contribution < -0.4 is 5.32 Å². The number of carbonyl (C=O) groups is 1. The first-order valence-electron chi connectivity index (χ1n) is 10.3. The smallest absolute Gasteiger partial charge is 0.259 e. The standard InChI is InChI=1S/C24H20FN7O/c1-14-8-9-17(10-15(14)2)31-22-19(12-28-31)23(27-13-26-22)32-21(11-16(3)30-32)29-24(33)18-6-4-5-7-20(18)25/h4-13H,1-3H3,(H,29,33). The lowest BCUT2D eigenvalue weighted by atomic mass is 10.1. The minimum absolute atomic E-state index is 0.0571. The molecule has 0 saturated carbocycles. The van der Waals surface area contributed by atoms with Gasteiger partial charge >= 0.3 is 0 Å². The first-order chi connectivity index (χ1) is 15.9. The van der Waals surface area contributed by atoms with Gasteiger partial charge in [-0.25, -0.2) is 19.0 Å². The van der Waals surface area contributed by atoms with Crippen molar-refractivity contribution in [2.24, 2.45) is 0 Å². The fourth-order valence-electron chi connectivity index (χ4n) is 3.63. The molecule has 0 spiro atoms. The molecule has 0 aliphatic rings. The molecule has 164 valence electrons. The summed E-state index contributed by atoms with van der Waals surface area (Å²) in [7, 11) is 0. The Kier molecular flexibility index (Phi) is 4.93. The SMILES string of the molecule is Cc1cc(NC(=O)c2ccccc2F)n(-c2ncnc3c2cnn3-c2ccc(C)c(C)c2)n1. The summed E-state index contributed by atoms with van der Waals surface area (Å²) in [5.74, 6) is -0.367. The average Bonchev–Trinajstić information content (AvgIpc) is 3.39. The summed E-state index contributed by atoms with van der Waals surface area (Å²) in [5, 5.41) is 12.4. The second-order valence-corrected chi connectivity index (χ2v) is 7.78. The molecule has 33 heavy (non-hydrogen) atoms. The Hall–Kier alpha value is -4.40. The van der Waals surface area contributed by atoms with Gasteiger partial charge in [0.05, 0.1) is 28.5 Å². The maximum Gasteiger partial charge on any atom is 0.259 e. The first-order valence-corrected chi connectivity index (χ1v) is 10.3. The van der Waals surface area contributed by atoms with Crippen LogP contribution in [0, 0.1) is 26.6 Å². The number of hydrogen-bond donors (Lipinski definition) is 1. The predicted molar refractivity (Wildman–Crippen MR) is 122 cm³/mol. The number of anilines is 1. The van der Waals surface area contributed by atoms with Crippen LogP contribution >= 0.6 is 0 Å². The topological polar surface area (TPSA) is 90.5 Å². The van der Waals surface area contributed by atoms with Gasteiger partial charge in [0, 0.05) is 6.07 Å². The van der Waals surface area contributed by atoms with E-state index in [0.717, 1.165) is 11.3 Å². The van der Waals surface area contributed by atoms with Gasteiger partial charge in [-0.2, -0.15) is 14.9 Å². The highest BCUT2D eigenvalue weighted by atomic mass is 19.1. The molecule has 2 aromatic carbocycles. The van der Waals surface area contributed by atoms with Crippen LogP contribution in [0.15, 0.2) is 61.1 Å². The van der Waals surface area contributed by atoms with Gasteiger partial charge in [0.25, 0.3) is 5.91 Å². The Bertz CT molecular complexity index is 1520. The molecule has 8 nitrogen and oxygen atoms in total. The van der Waals surface area contributed by atoms with E-state index >= 15 is 0 Å². The van der Waals surface area contributed by atoms with Gasteiger partial charge < -0.3 is 5.32 Å². The molecule has 1 amide bonds. The second-order valence-electron chi connectivity index (χ2n) is 7.78. The molecule has 5 aromatic rings. The number of fused-ring (bicyclic) bond motifs is 1. The third-order valence-corrected chi connectivity index (χ3v) is 5.47. The lowest BCUT2D eigenvalue weighted by Crippen LogP contribution is -2.17. The van der Waals surface area contributed by atoms with Gasteiger partial charge in [0.2, 0.25) is 0 Å². The molecule has 0 aliphatic carbocycles. The third-order valence-electron chi connectivity index (χ3n) is 5.47. The molecular weight excluding hydrogens is 421 g/mol. The van der Waals surface area contributed by atoms with Crippen molar-refractivity contribution in [3.63, 3.8) is 0 Å². The van der Waals surface area contributed by atoms with Crippen molar-refractivity contribution >= 4 is 22.8 Å². The van der Waals surface area contributed by atoms with Gasteiger partial charge in [-0.15, -0.1) is 0 Å². The Morgan fingerprint density at radius 3 is 2.58 bits per heavy atom. The number of amides is 1. The minimum Gasteiger partial charge on any atom is -0.306 e. The highest BCUT2D eigenvalue weighted by Crippen LogP contribution is 2.25. The van der Waals surface area contributed by atoms with Crippen molar-refractivity contribution in [3.05, 3.63) is 89.3 Å². The van der Waals surface area contributed by atoms with Crippen LogP contribution in [-0.2, 0) is 0 Å². The van der Waals surface area contributed by atoms with Gasteiger partial charge in [-0.05, 0) is 56.2 Å². The molecule has 0 atom stereocenters. The maximum atomic E-state index is 14.1. The summed E-state index contributed by atoms with van der Waals surface area (Å²) in [6.07, 6.45) is 3.09. The number of carbonyl (C=O) groups excluding carboxylic acids is 1. The summed E-state index contributed by atoms with van der Waals surface area (Å²) < 4.78 is 17.3. The number of aryl methyl sites for hydroxylation is 3.